The van der Waals surface area contributed by atoms with E-state index in [0.29, 0.717) is 22.6 Å². The molecule has 5 heteroatoms. The number of hydrogen-bond acceptors (Lipinski definition) is 3. The van der Waals surface area contributed by atoms with Crippen molar-refractivity contribution in [2.24, 2.45) is 11.5 Å². The van der Waals surface area contributed by atoms with Gasteiger partial charge in [-0.3, -0.25) is 9.59 Å². The summed E-state index contributed by atoms with van der Waals surface area (Å²) in [4.78, 5) is 21.8. The van der Waals surface area contributed by atoms with E-state index in [-0.39, 0.29) is 2.85 Å². The minimum Gasteiger partial charge on any atom is -0.457 e. The fourth-order valence-electron chi connectivity index (χ4n) is 1.51. The number of primary amides is 2. The average Bonchev–Trinajstić information content (AvgIpc) is 2.40. The Bertz CT molecular complexity index is 558. The number of ether oxygens (including phenoxy) is 1. The standard InChI is InChI=1S/C14H12N2O3.2H2/c15-13(17)9-1-5-11(6-2-9)19-12-7-3-10(4-8-12)14(16)18;;/h1-8H,(H2,15,17)(H2,16,18);2*1H. The zero-order valence-electron chi connectivity index (χ0n) is 10.00. The Morgan fingerprint density at radius 1 is 0.737 bits per heavy atom. The van der Waals surface area contributed by atoms with Gasteiger partial charge in [-0.25, -0.2) is 0 Å². The second-order valence-corrected chi connectivity index (χ2v) is 3.88. The summed E-state index contributed by atoms with van der Waals surface area (Å²) in [5.41, 5.74) is 11.1. The molecule has 2 aromatic carbocycles. The van der Waals surface area contributed by atoms with Crippen LogP contribution in [0.3, 0.4) is 0 Å². The van der Waals surface area contributed by atoms with Crippen LogP contribution in [-0.2, 0) is 0 Å². The second-order valence-electron chi connectivity index (χ2n) is 3.88. The highest BCUT2D eigenvalue weighted by Crippen LogP contribution is 2.21. The Kier molecular flexibility index (Phi) is 3.47. The molecule has 0 aliphatic carbocycles. The van der Waals surface area contributed by atoms with Crippen molar-refractivity contribution in [3.8, 4) is 11.5 Å². The van der Waals surface area contributed by atoms with Gasteiger partial charge in [-0.2, -0.15) is 0 Å². The molecular weight excluding hydrogens is 244 g/mol. The number of nitrogens with two attached hydrogens (primary N) is 2. The van der Waals surface area contributed by atoms with E-state index in [9.17, 15) is 9.59 Å². The van der Waals surface area contributed by atoms with E-state index in [1.807, 2.05) is 0 Å². The van der Waals surface area contributed by atoms with Crippen molar-refractivity contribution in [2.75, 3.05) is 0 Å². The smallest absolute Gasteiger partial charge is 0.248 e. The molecule has 0 fully saturated rings. The van der Waals surface area contributed by atoms with Gasteiger partial charge in [0.25, 0.3) is 0 Å². The van der Waals surface area contributed by atoms with Crippen LogP contribution in [0, 0.1) is 0 Å². The molecule has 4 N–H and O–H groups in total. The molecule has 0 bridgehead atoms. The van der Waals surface area contributed by atoms with Gasteiger partial charge in [-0.15, -0.1) is 0 Å². The summed E-state index contributed by atoms with van der Waals surface area (Å²) in [5, 5.41) is 0. The van der Waals surface area contributed by atoms with Crippen LogP contribution in [0.2, 0.25) is 0 Å². The van der Waals surface area contributed by atoms with Crippen molar-refractivity contribution in [1.29, 1.82) is 0 Å². The third-order valence-corrected chi connectivity index (χ3v) is 2.51. The van der Waals surface area contributed by atoms with Gasteiger partial charge in [0.2, 0.25) is 11.8 Å². The zero-order valence-corrected chi connectivity index (χ0v) is 10.00. The van der Waals surface area contributed by atoms with Crippen LogP contribution in [0.5, 0.6) is 11.5 Å². The van der Waals surface area contributed by atoms with Crippen LogP contribution in [-0.4, -0.2) is 11.8 Å². The lowest BCUT2D eigenvalue weighted by molar-refractivity contribution is 0.0992. The maximum absolute atomic E-state index is 10.9. The van der Waals surface area contributed by atoms with Gasteiger partial charge in [0, 0.05) is 14.0 Å². The number of benzene rings is 2. The number of carbonyl (C=O) groups excluding carboxylic acids is 2. The Balaban J connectivity index is 0.00000200. The molecule has 2 rings (SSSR count). The summed E-state index contributed by atoms with van der Waals surface area (Å²) in [6.45, 7) is 0. The molecule has 2 aromatic rings. The zero-order chi connectivity index (χ0) is 13.8. The number of amides is 2. The van der Waals surface area contributed by atoms with Crippen molar-refractivity contribution < 1.29 is 17.2 Å². The topological polar surface area (TPSA) is 95.4 Å². The normalized spacial score (nSPS) is 9.89. The quantitative estimate of drug-likeness (QED) is 0.881. The fraction of sp³-hybridized carbons (Fsp3) is 0. The molecule has 0 heterocycles. The Morgan fingerprint density at radius 3 is 1.32 bits per heavy atom. The van der Waals surface area contributed by atoms with Gasteiger partial charge >= 0.3 is 0 Å². The lowest BCUT2D eigenvalue weighted by Crippen LogP contribution is -2.10. The van der Waals surface area contributed by atoms with Crippen LogP contribution < -0.4 is 16.2 Å². The molecule has 0 saturated heterocycles. The predicted octanol–water partition coefficient (Wildman–Crippen LogP) is 2.17. The third-order valence-electron chi connectivity index (χ3n) is 2.51. The van der Waals surface area contributed by atoms with E-state index < -0.39 is 11.8 Å². The van der Waals surface area contributed by atoms with Gasteiger partial charge in [0.05, 0.1) is 0 Å². The van der Waals surface area contributed by atoms with Crippen molar-refractivity contribution in [3.63, 3.8) is 0 Å². The van der Waals surface area contributed by atoms with Crippen LogP contribution in [0.4, 0.5) is 0 Å². The second kappa shape index (κ2) is 5.22. The summed E-state index contributed by atoms with van der Waals surface area (Å²) in [6, 6.07) is 12.9. The predicted molar refractivity (Wildman–Crippen MR) is 74.2 cm³/mol. The van der Waals surface area contributed by atoms with Gasteiger partial charge < -0.3 is 16.2 Å². The monoisotopic (exact) mass is 260 g/mol. The lowest BCUT2D eigenvalue weighted by Gasteiger charge is -2.06. The SMILES string of the molecule is NC(=O)c1ccc(Oc2ccc(C(N)=O)cc2)cc1.[HH].[HH]. The first-order valence-corrected chi connectivity index (χ1v) is 5.54. The van der Waals surface area contributed by atoms with E-state index in [0.717, 1.165) is 0 Å². The molecule has 0 aliphatic heterocycles. The maximum atomic E-state index is 10.9. The minimum absolute atomic E-state index is 0. The molecule has 0 spiro atoms. The van der Waals surface area contributed by atoms with Crippen LogP contribution in [0.1, 0.15) is 23.6 Å². The van der Waals surface area contributed by atoms with Crippen molar-refractivity contribution >= 4 is 11.8 Å². The average molecular weight is 260 g/mol. The molecule has 0 saturated carbocycles. The van der Waals surface area contributed by atoms with Crippen molar-refractivity contribution in [1.82, 2.24) is 0 Å². The highest BCUT2D eigenvalue weighted by atomic mass is 16.5. The highest BCUT2D eigenvalue weighted by Gasteiger charge is 2.03. The highest BCUT2D eigenvalue weighted by molar-refractivity contribution is 5.93. The van der Waals surface area contributed by atoms with E-state index in [4.69, 9.17) is 16.2 Å². The van der Waals surface area contributed by atoms with Crippen molar-refractivity contribution in [3.05, 3.63) is 59.7 Å². The molecule has 0 aliphatic rings. The van der Waals surface area contributed by atoms with Crippen molar-refractivity contribution in [2.45, 2.75) is 0 Å². The van der Waals surface area contributed by atoms with E-state index in [1.165, 1.54) is 0 Å². The summed E-state index contributed by atoms with van der Waals surface area (Å²) in [6.07, 6.45) is 0. The van der Waals surface area contributed by atoms with Crippen LogP contribution in [0.25, 0.3) is 0 Å². The van der Waals surface area contributed by atoms with Gasteiger partial charge in [0.15, 0.2) is 0 Å². The van der Waals surface area contributed by atoms with Gasteiger partial charge in [-0.1, -0.05) is 0 Å². The first-order chi connectivity index (χ1) is 9.06. The van der Waals surface area contributed by atoms with E-state index in [2.05, 4.69) is 0 Å². The molecule has 0 radical (unpaired) electrons. The summed E-state index contributed by atoms with van der Waals surface area (Å²) < 4.78 is 5.54. The fourth-order valence-corrected chi connectivity index (χ4v) is 1.51. The van der Waals surface area contributed by atoms with E-state index in [1.54, 1.807) is 48.5 Å². The summed E-state index contributed by atoms with van der Waals surface area (Å²) in [5.74, 6) is 0.156. The Labute approximate surface area is 112 Å². The molecular formula is C14H16N2O3. The Hall–Kier alpha value is -2.82. The van der Waals surface area contributed by atoms with Crippen LogP contribution in [0.15, 0.2) is 48.5 Å². The number of rotatable bonds is 4. The number of hydrogen-bond donors (Lipinski definition) is 2. The van der Waals surface area contributed by atoms with Gasteiger partial charge in [-0.05, 0) is 48.5 Å². The number of carbonyl (C=O) groups is 2. The first-order valence-electron chi connectivity index (χ1n) is 5.54. The summed E-state index contributed by atoms with van der Waals surface area (Å²) in [7, 11) is 0. The lowest BCUT2D eigenvalue weighted by atomic mass is 10.2. The van der Waals surface area contributed by atoms with Gasteiger partial charge in [0.1, 0.15) is 11.5 Å². The molecule has 2 amide bonds. The first kappa shape index (κ1) is 12.6. The molecule has 100 valence electrons. The minimum atomic E-state index is -0.489. The molecule has 19 heavy (non-hydrogen) atoms. The molecule has 0 unspecified atom stereocenters. The van der Waals surface area contributed by atoms with Crippen LogP contribution >= 0.6 is 0 Å². The third kappa shape index (κ3) is 3.10. The molecule has 0 atom stereocenters. The maximum Gasteiger partial charge on any atom is 0.248 e. The largest absolute Gasteiger partial charge is 0.457 e. The Morgan fingerprint density at radius 2 is 1.05 bits per heavy atom. The summed E-state index contributed by atoms with van der Waals surface area (Å²) >= 11 is 0. The molecule has 0 aromatic heterocycles. The van der Waals surface area contributed by atoms with E-state index >= 15 is 0 Å². The molecule has 5 nitrogen and oxygen atoms in total.